The number of nitrogens with zero attached hydrogens (tertiary/aromatic N) is 4. The Balaban J connectivity index is 2.07. The zero-order valence-electron chi connectivity index (χ0n) is 21.8. The third-order valence-electron chi connectivity index (χ3n) is 5.21. The van der Waals surface area contributed by atoms with E-state index >= 15 is 0 Å². The fourth-order valence-corrected chi connectivity index (χ4v) is 4.37. The fourth-order valence-electron chi connectivity index (χ4n) is 3.35. The predicted molar refractivity (Wildman–Crippen MR) is 140 cm³/mol. The van der Waals surface area contributed by atoms with Gasteiger partial charge in [-0.2, -0.15) is 9.97 Å². The molecule has 0 radical (unpaired) electrons. The minimum absolute atomic E-state index is 0.0175. The monoisotopic (exact) mass is 514 g/mol. The highest BCUT2D eigenvalue weighted by Gasteiger charge is 2.26. The Hall–Kier alpha value is -3.64. The molecule has 1 amide bonds. The topological polar surface area (TPSA) is 138 Å². The van der Waals surface area contributed by atoms with E-state index in [0.717, 1.165) is 18.3 Å². The fraction of sp³-hybridized carbons (Fsp3) is 0.417. The number of hydrogen-bond donors (Lipinski definition) is 2. The van der Waals surface area contributed by atoms with Gasteiger partial charge in [0.15, 0.2) is 5.76 Å². The summed E-state index contributed by atoms with van der Waals surface area (Å²) in [7, 11) is 5.30. The first-order chi connectivity index (χ1) is 17.0. The molecule has 3 N–H and O–H groups in total. The lowest BCUT2D eigenvalue weighted by Crippen LogP contribution is -2.40. The molecule has 0 bridgehead atoms. The molecule has 0 unspecified atom stereocenters. The molecule has 3 aromatic rings. The number of anilines is 1. The molecular weight excluding hydrogens is 480 g/mol. The van der Waals surface area contributed by atoms with Crippen molar-refractivity contribution >= 4 is 25.2 Å². The number of carbonyl (C=O) groups is 1. The number of aromatic nitrogens is 3. The number of furan rings is 1. The third-order valence-corrected chi connectivity index (χ3v) is 7.03. The van der Waals surface area contributed by atoms with Gasteiger partial charge in [-0.3, -0.25) is 4.79 Å². The van der Waals surface area contributed by atoms with Crippen molar-refractivity contribution in [3.63, 3.8) is 0 Å². The minimum Gasteiger partial charge on any atom is -0.480 e. The predicted octanol–water partition coefficient (Wildman–Crippen LogP) is 2.95. The van der Waals surface area contributed by atoms with E-state index in [1.165, 1.54) is 26.4 Å². The van der Waals surface area contributed by atoms with E-state index in [-0.39, 0.29) is 17.6 Å². The molecular formula is C24H34N6O5Si. The molecule has 36 heavy (non-hydrogen) atoms. The van der Waals surface area contributed by atoms with E-state index in [0.29, 0.717) is 35.4 Å². The molecule has 194 valence electrons. The van der Waals surface area contributed by atoms with Gasteiger partial charge < -0.3 is 34.6 Å². The highest BCUT2D eigenvalue weighted by molar-refractivity contribution is 6.88. The van der Waals surface area contributed by atoms with Gasteiger partial charge >= 0.3 is 0 Å². The molecule has 0 saturated carbocycles. The lowest BCUT2D eigenvalue weighted by molar-refractivity contribution is 0.0969. The smallest absolute Gasteiger partial charge is 0.291 e. The molecule has 0 aliphatic rings. The summed E-state index contributed by atoms with van der Waals surface area (Å²) in [5.41, 5.74) is 6.33. The maximum Gasteiger partial charge on any atom is 0.291 e. The SMILES string of the molecule is COc1nc(NCCCN(C)C)nc(OC)c1-c1ccc([Si](C)(C)C)nc1Oc1ccc(C(N)=O)o1. The van der Waals surface area contributed by atoms with Crippen molar-refractivity contribution < 1.29 is 23.4 Å². The first-order valence-corrected chi connectivity index (χ1v) is 15.0. The van der Waals surface area contributed by atoms with Crippen LogP contribution >= 0.6 is 0 Å². The Morgan fingerprint density at radius 1 is 1.03 bits per heavy atom. The van der Waals surface area contributed by atoms with Crippen molar-refractivity contribution in [2.45, 2.75) is 26.1 Å². The van der Waals surface area contributed by atoms with Crippen molar-refractivity contribution in [2.75, 3.05) is 46.7 Å². The number of amides is 1. The highest BCUT2D eigenvalue weighted by atomic mass is 28.3. The lowest BCUT2D eigenvalue weighted by atomic mass is 10.1. The molecule has 0 spiro atoms. The van der Waals surface area contributed by atoms with Gasteiger partial charge in [-0.15, -0.1) is 0 Å². The highest BCUT2D eigenvalue weighted by Crippen LogP contribution is 2.41. The Kier molecular flexibility index (Phi) is 8.53. The zero-order valence-corrected chi connectivity index (χ0v) is 22.8. The van der Waals surface area contributed by atoms with Crippen LogP contribution in [0.3, 0.4) is 0 Å². The molecule has 3 aromatic heterocycles. The van der Waals surface area contributed by atoms with E-state index < -0.39 is 14.0 Å². The van der Waals surface area contributed by atoms with Crippen LogP contribution in [-0.4, -0.2) is 75.2 Å². The first-order valence-electron chi connectivity index (χ1n) is 11.5. The van der Waals surface area contributed by atoms with Gasteiger partial charge in [0.05, 0.1) is 19.8 Å². The van der Waals surface area contributed by atoms with Gasteiger partial charge in [-0.25, -0.2) is 4.98 Å². The number of carbonyl (C=O) groups excluding carboxylic acids is 1. The summed E-state index contributed by atoms with van der Waals surface area (Å²) in [6.07, 6.45) is 0.916. The van der Waals surface area contributed by atoms with Crippen molar-refractivity contribution in [3.05, 3.63) is 30.0 Å². The Morgan fingerprint density at radius 2 is 1.69 bits per heavy atom. The summed E-state index contributed by atoms with van der Waals surface area (Å²) in [5.74, 6) is 0.576. The zero-order chi connectivity index (χ0) is 26.5. The Morgan fingerprint density at radius 3 is 2.22 bits per heavy atom. The maximum atomic E-state index is 11.5. The van der Waals surface area contributed by atoms with Crippen LogP contribution in [0.15, 0.2) is 28.7 Å². The standard InChI is InChI=1S/C24H34N6O5Si/c1-30(2)14-8-13-26-24-28-22(32-3)19(23(29-24)33-4)15-9-11-17(36(5,6)7)27-21(15)35-18-12-10-16(34-18)20(25)31/h9-12H,8,13-14H2,1-7H3,(H2,25,31)(H,26,28,29). The van der Waals surface area contributed by atoms with Gasteiger partial charge in [-0.1, -0.05) is 19.6 Å². The van der Waals surface area contributed by atoms with Crippen LogP contribution in [0.25, 0.3) is 11.1 Å². The van der Waals surface area contributed by atoms with Crippen LogP contribution in [0.4, 0.5) is 5.95 Å². The average Bonchev–Trinajstić information content (AvgIpc) is 3.29. The average molecular weight is 515 g/mol. The van der Waals surface area contributed by atoms with E-state index in [9.17, 15) is 4.79 Å². The molecule has 0 fully saturated rings. The molecule has 0 aromatic carbocycles. The van der Waals surface area contributed by atoms with E-state index in [1.54, 1.807) is 0 Å². The quantitative estimate of drug-likeness (QED) is 0.274. The van der Waals surface area contributed by atoms with Crippen LogP contribution in [0.1, 0.15) is 17.0 Å². The largest absolute Gasteiger partial charge is 0.480 e. The molecule has 0 aliphatic carbocycles. The maximum absolute atomic E-state index is 11.5. The number of rotatable bonds is 12. The minimum atomic E-state index is -1.80. The number of nitrogens with one attached hydrogen (secondary N) is 1. The summed E-state index contributed by atoms with van der Waals surface area (Å²) in [6, 6.07) is 6.79. The number of primary amides is 1. The van der Waals surface area contributed by atoms with Crippen LogP contribution in [-0.2, 0) is 0 Å². The number of methoxy groups -OCH3 is 2. The Bertz CT molecular complexity index is 1180. The molecule has 0 aliphatic heterocycles. The third kappa shape index (κ3) is 6.52. The summed E-state index contributed by atoms with van der Waals surface area (Å²) in [4.78, 5) is 27.5. The van der Waals surface area contributed by atoms with Crippen molar-refractivity contribution in [1.29, 1.82) is 0 Å². The summed E-state index contributed by atoms with van der Waals surface area (Å²) in [6.45, 7) is 8.15. The van der Waals surface area contributed by atoms with Gasteiger partial charge in [-0.05, 0) is 45.3 Å². The lowest BCUT2D eigenvalue weighted by Gasteiger charge is -2.19. The normalized spacial score (nSPS) is 11.4. The Labute approximate surface area is 212 Å². The molecule has 3 heterocycles. The second kappa shape index (κ2) is 11.4. The van der Waals surface area contributed by atoms with Gasteiger partial charge in [0.2, 0.25) is 23.6 Å². The summed E-state index contributed by atoms with van der Waals surface area (Å²) >= 11 is 0. The summed E-state index contributed by atoms with van der Waals surface area (Å²) in [5, 5.41) is 4.13. The summed E-state index contributed by atoms with van der Waals surface area (Å²) < 4.78 is 22.7. The molecule has 11 nitrogen and oxygen atoms in total. The molecule has 3 rings (SSSR count). The molecule has 0 saturated heterocycles. The first kappa shape index (κ1) is 27.0. The van der Waals surface area contributed by atoms with E-state index in [4.69, 9.17) is 29.3 Å². The van der Waals surface area contributed by atoms with Crippen molar-refractivity contribution in [1.82, 2.24) is 19.9 Å². The van der Waals surface area contributed by atoms with Crippen LogP contribution in [0, 0.1) is 0 Å². The van der Waals surface area contributed by atoms with E-state index in [1.807, 2.05) is 26.2 Å². The van der Waals surface area contributed by atoms with Crippen LogP contribution in [0.5, 0.6) is 23.6 Å². The van der Waals surface area contributed by atoms with E-state index in [2.05, 4.69) is 39.8 Å². The van der Waals surface area contributed by atoms with Gasteiger partial charge in [0.1, 0.15) is 13.6 Å². The number of nitrogens with two attached hydrogens (primary N) is 1. The second-order valence-corrected chi connectivity index (χ2v) is 14.4. The number of hydrogen-bond acceptors (Lipinski definition) is 10. The molecule has 12 heteroatoms. The van der Waals surface area contributed by atoms with Crippen LogP contribution in [0.2, 0.25) is 19.6 Å². The van der Waals surface area contributed by atoms with Gasteiger partial charge in [0.25, 0.3) is 11.9 Å². The van der Waals surface area contributed by atoms with Gasteiger partial charge in [0, 0.05) is 17.9 Å². The number of pyridine rings is 1. The van der Waals surface area contributed by atoms with Crippen LogP contribution < -0.4 is 30.6 Å². The number of ether oxygens (including phenoxy) is 3. The van der Waals surface area contributed by atoms with Crippen molar-refractivity contribution in [3.8, 4) is 34.7 Å². The molecule has 0 atom stereocenters. The van der Waals surface area contributed by atoms with Crippen molar-refractivity contribution in [2.24, 2.45) is 5.73 Å². The second-order valence-electron chi connectivity index (χ2n) is 9.41.